The number of benzene rings is 2. The first-order valence-electron chi connectivity index (χ1n) is 10.6. The van der Waals surface area contributed by atoms with Crippen molar-refractivity contribution in [2.24, 2.45) is 0 Å². The SMILES string of the molecule is CCOC(=O)c1cccc(NC(=O)C[C@H]2C(=O)N(c3cccc(OC)c3)C(=O)N2C(C)C)c1. The Balaban J connectivity index is 1.79. The second-order valence-electron chi connectivity index (χ2n) is 7.73. The molecular formula is C24H27N3O6. The van der Waals surface area contributed by atoms with Crippen LogP contribution in [0.15, 0.2) is 48.5 Å². The van der Waals surface area contributed by atoms with Crippen molar-refractivity contribution in [3.8, 4) is 5.75 Å². The summed E-state index contributed by atoms with van der Waals surface area (Å²) in [7, 11) is 1.50. The van der Waals surface area contributed by atoms with Crippen LogP contribution in [0.3, 0.4) is 0 Å². The molecular weight excluding hydrogens is 426 g/mol. The molecule has 0 spiro atoms. The quantitative estimate of drug-likeness (QED) is 0.485. The Kier molecular flexibility index (Phi) is 7.32. The standard InChI is InChI=1S/C24H27N3O6/c1-5-33-23(30)16-8-6-9-17(12-16)25-21(28)14-20-22(29)27(24(31)26(20)15(2)3)18-10-7-11-19(13-18)32-4/h6-13,15,20H,5,14H2,1-4H3,(H,25,28)/t20-/m0/s1. The van der Waals surface area contributed by atoms with Crippen molar-refractivity contribution in [3.05, 3.63) is 54.1 Å². The molecule has 1 heterocycles. The lowest BCUT2D eigenvalue weighted by Gasteiger charge is -2.25. The van der Waals surface area contributed by atoms with Crippen molar-refractivity contribution in [1.29, 1.82) is 0 Å². The van der Waals surface area contributed by atoms with Gasteiger partial charge in [-0.3, -0.25) is 9.59 Å². The number of nitrogens with one attached hydrogen (secondary N) is 1. The van der Waals surface area contributed by atoms with E-state index in [9.17, 15) is 19.2 Å². The number of nitrogens with zero attached hydrogens (tertiary/aromatic N) is 2. The lowest BCUT2D eigenvalue weighted by Crippen LogP contribution is -2.42. The minimum Gasteiger partial charge on any atom is -0.497 e. The van der Waals surface area contributed by atoms with E-state index < -0.39 is 29.9 Å². The summed E-state index contributed by atoms with van der Waals surface area (Å²) in [6, 6.07) is 11.2. The van der Waals surface area contributed by atoms with Crippen LogP contribution in [0.4, 0.5) is 16.2 Å². The molecule has 4 amide bonds. The van der Waals surface area contributed by atoms with Gasteiger partial charge in [-0.25, -0.2) is 14.5 Å². The van der Waals surface area contributed by atoms with Gasteiger partial charge in [0.1, 0.15) is 11.8 Å². The van der Waals surface area contributed by atoms with Crippen molar-refractivity contribution in [2.45, 2.75) is 39.3 Å². The maximum Gasteiger partial charge on any atom is 0.338 e. The number of ether oxygens (including phenoxy) is 2. The van der Waals surface area contributed by atoms with Crippen molar-refractivity contribution in [1.82, 2.24) is 4.90 Å². The molecule has 0 saturated carbocycles. The molecule has 0 aromatic heterocycles. The summed E-state index contributed by atoms with van der Waals surface area (Å²) in [5, 5.41) is 2.70. The molecule has 3 rings (SSSR count). The van der Waals surface area contributed by atoms with E-state index in [1.165, 1.54) is 18.1 Å². The summed E-state index contributed by atoms with van der Waals surface area (Å²) in [6.07, 6.45) is -0.229. The van der Waals surface area contributed by atoms with Gasteiger partial charge >= 0.3 is 12.0 Å². The highest BCUT2D eigenvalue weighted by Gasteiger charge is 2.47. The maximum atomic E-state index is 13.2. The summed E-state index contributed by atoms with van der Waals surface area (Å²) >= 11 is 0. The van der Waals surface area contributed by atoms with Gasteiger partial charge in [-0.15, -0.1) is 0 Å². The monoisotopic (exact) mass is 453 g/mol. The van der Waals surface area contributed by atoms with Gasteiger partial charge in [0.25, 0.3) is 5.91 Å². The van der Waals surface area contributed by atoms with Crippen LogP contribution in [0.1, 0.15) is 37.6 Å². The second kappa shape index (κ2) is 10.2. The Bertz CT molecular complexity index is 1070. The number of anilines is 2. The third-order valence-corrected chi connectivity index (χ3v) is 5.16. The number of amides is 4. The first kappa shape index (κ1) is 23.8. The zero-order valence-corrected chi connectivity index (χ0v) is 19.0. The van der Waals surface area contributed by atoms with E-state index in [2.05, 4.69) is 5.32 Å². The molecule has 2 aromatic carbocycles. The van der Waals surface area contributed by atoms with Gasteiger partial charge < -0.3 is 19.7 Å². The average Bonchev–Trinajstić information content (AvgIpc) is 3.03. The number of hydrogen-bond acceptors (Lipinski definition) is 6. The summed E-state index contributed by atoms with van der Waals surface area (Å²) in [4.78, 5) is 53.5. The van der Waals surface area contributed by atoms with Crippen LogP contribution in [-0.2, 0) is 14.3 Å². The first-order valence-corrected chi connectivity index (χ1v) is 10.6. The zero-order chi connectivity index (χ0) is 24.1. The lowest BCUT2D eigenvalue weighted by atomic mass is 10.1. The topological polar surface area (TPSA) is 105 Å². The molecule has 0 radical (unpaired) electrons. The molecule has 9 heteroatoms. The Morgan fingerprint density at radius 2 is 1.82 bits per heavy atom. The van der Waals surface area contributed by atoms with E-state index in [0.717, 1.165) is 4.90 Å². The smallest absolute Gasteiger partial charge is 0.338 e. The fourth-order valence-corrected chi connectivity index (χ4v) is 3.69. The fraction of sp³-hybridized carbons (Fsp3) is 0.333. The Labute approximate surface area is 192 Å². The van der Waals surface area contributed by atoms with E-state index in [4.69, 9.17) is 9.47 Å². The highest BCUT2D eigenvalue weighted by molar-refractivity contribution is 6.22. The van der Waals surface area contributed by atoms with Crippen molar-refractivity contribution < 1.29 is 28.7 Å². The minimum absolute atomic E-state index is 0.229. The van der Waals surface area contributed by atoms with Crippen molar-refractivity contribution in [3.63, 3.8) is 0 Å². The number of urea groups is 1. The molecule has 1 N–H and O–H groups in total. The predicted octanol–water partition coefficient (Wildman–Crippen LogP) is 3.45. The molecule has 33 heavy (non-hydrogen) atoms. The highest BCUT2D eigenvalue weighted by atomic mass is 16.5. The number of imide groups is 1. The van der Waals surface area contributed by atoms with Crippen LogP contribution < -0.4 is 15.0 Å². The number of methoxy groups -OCH3 is 1. The largest absolute Gasteiger partial charge is 0.497 e. The van der Waals surface area contributed by atoms with Crippen molar-refractivity contribution in [2.75, 3.05) is 23.9 Å². The second-order valence-corrected chi connectivity index (χ2v) is 7.73. The fourth-order valence-electron chi connectivity index (χ4n) is 3.69. The normalized spacial score (nSPS) is 15.7. The maximum absolute atomic E-state index is 13.2. The predicted molar refractivity (Wildman–Crippen MR) is 122 cm³/mol. The molecule has 174 valence electrons. The van der Waals surface area contributed by atoms with Crippen LogP contribution >= 0.6 is 0 Å². The first-order chi connectivity index (χ1) is 15.8. The zero-order valence-electron chi connectivity index (χ0n) is 19.0. The van der Waals surface area contributed by atoms with E-state index in [-0.39, 0.29) is 19.1 Å². The molecule has 1 aliphatic heterocycles. The molecule has 1 aliphatic rings. The molecule has 2 aromatic rings. The van der Waals surface area contributed by atoms with Gasteiger partial charge in [-0.2, -0.15) is 0 Å². The van der Waals surface area contributed by atoms with Gasteiger partial charge in [0.15, 0.2) is 0 Å². The van der Waals surface area contributed by atoms with E-state index in [1.807, 2.05) is 0 Å². The molecule has 1 atom stereocenters. The van der Waals surface area contributed by atoms with Crippen LogP contribution in [0.5, 0.6) is 5.75 Å². The third kappa shape index (κ3) is 5.14. The number of carbonyl (C=O) groups is 4. The van der Waals surface area contributed by atoms with Crippen LogP contribution in [0.25, 0.3) is 0 Å². The van der Waals surface area contributed by atoms with E-state index >= 15 is 0 Å². The summed E-state index contributed by atoms with van der Waals surface area (Å²) in [6.45, 7) is 5.52. The molecule has 0 unspecified atom stereocenters. The Morgan fingerprint density at radius 3 is 2.48 bits per heavy atom. The Morgan fingerprint density at radius 1 is 1.09 bits per heavy atom. The minimum atomic E-state index is -0.961. The summed E-state index contributed by atoms with van der Waals surface area (Å²) < 4.78 is 10.2. The van der Waals surface area contributed by atoms with Crippen LogP contribution in [0, 0.1) is 0 Å². The van der Waals surface area contributed by atoms with Gasteiger partial charge in [0.05, 0.1) is 31.4 Å². The average molecular weight is 453 g/mol. The van der Waals surface area contributed by atoms with Gasteiger partial charge in [-0.05, 0) is 51.1 Å². The highest BCUT2D eigenvalue weighted by Crippen LogP contribution is 2.30. The number of rotatable bonds is 8. The van der Waals surface area contributed by atoms with Crippen molar-refractivity contribution >= 4 is 35.2 Å². The molecule has 0 aliphatic carbocycles. The van der Waals surface area contributed by atoms with Gasteiger partial charge in [0.2, 0.25) is 5.91 Å². The molecule has 0 bridgehead atoms. The number of hydrogen-bond donors (Lipinski definition) is 1. The molecule has 1 fully saturated rings. The van der Waals surface area contributed by atoms with Gasteiger partial charge in [-0.1, -0.05) is 12.1 Å². The van der Waals surface area contributed by atoms with Gasteiger partial charge in [0, 0.05) is 17.8 Å². The number of carbonyl (C=O) groups excluding carboxylic acids is 4. The Hall–Kier alpha value is -3.88. The van der Waals surface area contributed by atoms with E-state index in [1.54, 1.807) is 63.2 Å². The van der Waals surface area contributed by atoms with Crippen LogP contribution in [-0.4, -0.2) is 54.5 Å². The summed E-state index contributed by atoms with van der Waals surface area (Å²) in [5.41, 5.74) is 1.07. The third-order valence-electron chi connectivity index (χ3n) is 5.16. The summed E-state index contributed by atoms with van der Waals surface area (Å²) in [5.74, 6) is -0.936. The number of esters is 1. The van der Waals surface area contributed by atoms with Crippen LogP contribution in [0.2, 0.25) is 0 Å². The molecule has 1 saturated heterocycles. The lowest BCUT2D eigenvalue weighted by molar-refractivity contribution is -0.124. The molecule has 9 nitrogen and oxygen atoms in total. The van der Waals surface area contributed by atoms with E-state index in [0.29, 0.717) is 22.7 Å².